The van der Waals surface area contributed by atoms with Crippen LogP contribution in [0.25, 0.3) is 10.9 Å². The van der Waals surface area contributed by atoms with Crippen LogP contribution in [0.15, 0.2) is 49.2 Å². The number of hydrogen-bond acceptors (Lipinski definition) is 5. The number of fused-ring (bicyclic) bond motifs is 1. The summed E-state index contributed by atoms with van der Waals surface area (Å²) in [5, 5.41) is 1.03. The molecular weight excluding hydrogens is 507 g/mol. The van der Waals surface area contributed by atoms with Gasteiger partial charge in [0.05, 0.1) is 12.6 Å². The van der Waals surface area contributed by atoms with Gasteiger partial charge in [-0.15, -0.1) is 6.58 Å². The third-order valence-corrected chi connectivity index (χ3v) is 5.78. The van der Waals surface area contributed by atoms with Crippen LogP contribution in [0, 0.1) is 3.57 Å². The van der Waals surface area contributed by atoms with Crippen LogP contribution in [0.1, 0.15) is 32.8 Å². The van der Waals surface area contributed by atoms with E-state index in [1.165, 1.54) is 7.11 Å². The standard InChI is InChI=1S/C24H31IN2O4/c1-8-10-18(26(6)14-16(2)22(28)30-7)13-17-15-27(23(29)31-24(3,4)5)20-12-9-11-19(25)21(17)20/h8-9,11-12,15,18H,1-2,10,13-14H2,3-7H3/t18-/m0/s1. The van der Waals surface area contributed by atoms with Crippen molar-refractivity contribution in [2.75, 3.05) is 20.7 Å². The minimum atomic E-state index is -0.588. The van der Waals surface area contributed by atoms with Gasteiger partial charge in [0.15, 0.2) is 0 Å². The van der Waals surface area contributed by atoms with E-state index in [9.17, 15) is 9.59 Å². The Bertz CT molecular complexity index is 987. The fourth-order valence-electron chi connectivity index (χ4n) is 3.44. The maximum atomic E-state index is 12.8. The minimum absolute atomic E-state index is 0.0626. The van der Waals surface area contributed by atoms with E-state index in [1.807, 2.05) is 58.3 Å². The van der Waals surface area contributed by atoms with Crippen LogP contribution < -0.4 is 0 Å². The van der Waals surface area contributed by atoms with Gasteiger partial charge >= 0.3 is 12.1 Å². The predicted octanol–water partition coefficient (Wildman–Crippen LogP) is 5.18. The number of benzene rings is 1. The number of methoxy groups -OCH3 is 1. The van der Waals surface area contributed by atoms with E-state index in [-0.39, 0.29) is 6.04 Å². The molecule has 1 aromatic carbocycles. The zero-order valence-corrected chi connectivity index (χ0v) is 21.1. The van der Waals surface area contributed by atoms with Gasteiger partial charge in [-0.2, -0.15) is 0 Å². The van der Waals surface area contributed by atoms with Gasteiger partial charge in [0, 0.05) is 33.3 Å². The van der Waals surface area contributed by atoms with Crippen LogP contribution in [-0.2, 0) is 20.7 Å². The molecule has 0 saturated heterocycles. The summed E-state index contributed by atoms with van der Waals surface area (Å²) in [6.07, 6.45) is 4.70. The van der Waals surface area contributed by atoms with Crippen LogP contribution in [0.5, 0.6) is 0 Å². The van der Waals surface area contributed by atoms with Crippen LogP contribution >= 0.6 is 22.6 Å². The van der Waals surface area contributed by atoms with Gasteiger partial charge in [0.1, 0.15) is 5.60 Å². The smallest absolute Gasteiger partial charge is 0.419 e. The van der Waals surface area contributed by atoms with E-state index in [2.05, 4.69) is 40.6 Å². The summed E-state index contributed by atoms with van der Waals surface area (Å²) in [6, 6.07) is 5.95. The zero-order chi connectivity index (χ0) is 23.3. The van der Waals surface area contributed by atoms with Crippen LogP contribution in [0.3, 0.4) is 0 Å². The van der Waals surface area contributed by atoms with Crippen molar-refractivity contribution in [3.8, 4) is 0 Å². The van der Waals surface area contributed by atoms with E-state index in [0.717, 1.165) is 20.0 Å². The van der Waals surface area contributed by atoms with Crippen LogP contribution in [0.2, 0.25) is 0 Å². The zero-order valence-electron chi connectivity index (χ0n) is 18.9. The molecule has 7 heteroatoms. The van der Waals surface area contributed by atoms with E-state index >= 15 is 0 Å². The van der Waals surface area contributed by atoms with Gasteiger partial charge in [0.25, 0.3) is 0 Å². The Hall–Kier alpha value is -2.13. The molecule has 0 fully saturated rings. The number of carbonyl (C=O) groups excluding carboxylic acids is 2. The highest BCUT2D eigenvalue weighted by atomic mass is 127. The fourth-order valence-corrected chi connectivity index (χ4v) is 4.27. The Morgan fingerprint density at radius 2 is 2.00 bits per heavy atom. The molecule has 0 spiro atoms. The first kappa shape index (κ1) is 25.1. The number of ether oxygens (including phenoxy) is 2. The van der Waals surface area contributed by atoms with Crippen molar-refractivity contribution in [1.82, 2.24) is 9.47 Å². The Labute approximate surface area is 198 Å². The highest BCUT2D eigenvalue weighted by molar-refractivity contribution is 14.1. The summed E-state index contributed by atoms with van der Waals surface area (Å²) >= 11 is 2.29. The number of nitrogens with zero attached hydrogens (tertiary/aromatic N) is 2. The van der Waals surface area contributed by atoms with E-state index in [4.69, 9.17) is 9.47 Å². The molecule has 168 valence electrons. The fraction of sp³-hybridized carbons (Fsp3) is 0.417. The van der Waals surface area contributed by atoms with Gasteiger partial charge in [-0.1, -0.05) is 18.7 Å². The lowest BCUT2D eigenvalue weighted by atomic mass is 10.0. The van der Waals surface area contributed by atoms with Crippen molar-refractivity contribution < 1.29 is 19.1 Å². The average molecular weight is 538 g/mol. The lowest BCUT2D eigenvalue weighted by Crippen LogP contribution is -2.35. The van der Waals surface area contributed by atoms with Crippen molar-refractivity contribution >= 4 is 45.6 Å². The number of hydrogen-bond donors (Lipinski definition) is 0. The molecule has 0 aliphatic carbocycles. The van der Waals surface area contributed by atoms with Gasteiger partial charge in [-0.25, -0.2) is 9.59 Å². The highest BCUT2D eigenvalue weighted by Gasteiger charge is 2.24. The third kappa shape index (κ3) is 6.43. The second-order valence-electron chi connectivity index (χ2n) is 8.53. The van der Waals surface area contributed by atoms with Crippen molar-refractivity contribution in [1.29, 1.82) is 0 Å². The predicted molar refractivity (Wildman–Crippen MR) is 132 cm³/mol. The second-order valence-corrected chi connectivity index (χ2v) is 9.69. The number of aromatic nitrogens is 1. The van der Waals surface area contributed by atoms with Crippen molar-refractivity contribution in [2.45, 2.75) is 45.3 Å². The number of esters is 1. The lowest BCUT2D eigenvalue weighted by Gasteiger charge is -2.27. The van der Waals surface area contributed by atoms with Gasteiger partial charge < -0.3 is 9.47 Å². The van der Waals surface area contributed by atoms with Gasteiger partial charge in [0.2, 0.25) is 0 Å². The molecule has 2 rings (SSSR count). The maximum Gasteiger partial charge on any atom is 0.419 e. The normalized spacial score (nSPS) is 12.6. The lowest BCUT2D eigenvalue weighted by molar-refractivity contribution is -0.136. The number of halogens is 1. The minimum Gasteiger partial charge on any atom is -0.466 e. The molecule has 0 radical (unpaired) electrons. The molecule has 2 aromatic rings. The molecule has 0 bridgehead atoms. The molecule has 0 unspecified atom stereocenters. The molecule has 1 heterocycles. The van der Waals surface area contributed by atoms with Crippen molar-refractivity contribution in [3.05, 3.63) is 58.3 Å². The van der Waals surface area contributed by atoms with Crippen LogP contribution in [0.4, 0.5) is 4.79 Å². The molecule has 0 aliphatic heterocycles. The Morgan fingerprint density at radius 3 is 2.58 bits per heavy atom. The first-order valence-electron chi connectivity index (χ1n) is 10.1. The number of carbonyl (C=O) groups is 2. The number of rotatable bonds is 8. The average Bonchev–Trinajstić information content (AvgIpc) is 3.05. The molecule has 31 heavy (non-hydrogen) atoms. The molecule has 1 aromatic heterocycles. The van der Waals surface area contributed by atoms with E-state index in [1.54, 1.807) is 4.57 Å². The van der Waals surface area contributed by atoms with Crippen molar-refractivity contribution in [2.24, 2.45) is 0 Å². The third-order valence-electron chi connectivity index (χ3n) is 4.88. The monoisotopic (exact) mass is 538 g/mol. The van der Waals surface area contributed by atoms with Crippen LogP contribution in [-0.4, -0.2) is 53.9 Å². The first-order chi connectivity index (χ1) is 14.5. The first-order valence-corrected chi connectivity index (χ1v) is 11.1. The molecular formula is C24H31IN2O4. The summed E-state index contributed by atoms with van der Waals surface area (Å²) in [5.41, 5.74) is 1.66. The second kappa shape index (κ2) is 10.5. The maximum absolute atomic E-state index is 12.8. The van der Waals surface area contributed by atoms with Crippen molar-refractivity contribution in [3.63, 3.8) is 0 Å². The highest BCUT2D eigenvalue weighted by Crippen LogP contribution is 2.29. The Morgan fingerprint density at radius 1 is 1.32 bits per heavy atom. The molecule has 1 atom stereocenters. The molecule has 0 aliphatic rings. The Balaban J connectivity index is 2.41. The number of likely N-dealkylation sites (N-methyl/N-ethyl adjacent to an activating group) is 1. The molecule has 0 N–H and O–H groups in total. The molecule has 6 nitrogen and oxygen atoms in total. The van der Waals surface area contributed by atoms with E-state index < -0.39 is 17.7 Å². The molecule has 0 amide bonds. The van der Waals surface area contributed by atoms with Gasteiger partial charge in [-0.05, 0) is 80.9 Å². The summed E-state index contributed by atoms with van der Waals surface area (Å²) in [5.74, 6) is -0.416. The van der Waals surface area contributed by atoms with Gasteiger partial charge in [-0.3, -0.25) is 9.47 Å². The van der Waals surface area contributed by atoms with E-state index in [0.29, 0.717) is 25.0 Å². The summed E-state index contributed by atoms with van der Waals surface area (Å²) in [6.45, 7) is 13.7. The SMILES string of the molecule is C=CC[C@@H](Cc1cn(C(=O)OC(C)(C)C)c2cccc(I)c12)N(C)CC(=C)C(=O)OC. The summed E-state index contributed by atoms with van der Waals surface area (Å²) < 4.78 is 13.0. The largest absolute Gasteiger partial charge is 0.466 e. The summed E-state index contributed by atoms with van der Waals surface area (Å²) in [7, 11) is 3.29. The quantitative estimate of drug-likeness (QED) is 0.201. The molecule has 0 saturated carbocycles. The topological polar surface area (TPSA) is 60.8 Å². The Kier molecular flexibility index (Phi) is 8.48. The summed E-state index contributed by atoms with van der Waals surface area (Å²) in [4.78, 5) is 26.7.